The van der Waals surface area contributed by atoms with Crippen LogP contribution in [0.3, 0.4) is 0 Å². The maximum absolute atomic E-state index is 12.9. The number of nitrogens with zero attached hydrogens (tertiary/aromatic N) is 1. The standard InChI is InChI=1S/C14H11BrFNO4/c15-11-9-10(16)5-6-13(11)20-7-8-21-14-4-2-1-3-12(14)17(18)19/h1-6,9H,7-8H2. The van der Waals surface area contributed by atoms with Crippen molar-refractivity contribution in [3.05, 3.63) is 62.9 Å². The highest BCUT2D eigenvalue weighted by Crippen LogP contribution is 2.27. The minimum atomic E-state index is -0.507. The monoisotopic (exact) mass is 355 g/mol. The van der Waals surface area contributed by atoms with Crippen LogP contribution in [-0.2, 0) is 0 Å². The van der Waals surface area contributed by atoms with Gasteiger partial charge in [-0.1, -0.05) is 12.1 Å². The Morgan fingerprint density at radius 2 is 1.76 bits per heavy atom. The van der Waals surface area contributed by atoms with Gasteiger partial charge in [0.25, 0.3) is 0 Å². The van der Waals surface area contributed by atoms with Crippen LogP contribution in [0.15, 0.2) is 46.9 Å². The molecular formula is C14H11BrFNO4. The van der Waals surface area contributed by atoms with Crippen molar-refractivity contribution < 1.29 is 18.8 Å². The van der Waals surface area contributed by atoms with Gasteiger partial charge in [-0.2, -0.15) is 0 Å². The van der Waals surface area contributed by atoms with E-state index in [0.29, 0.717) is 10.2 Å². The average molecular weight is 356 g/mol. The Balaban J connectivity index is 1.89. The predicted octanol–water partition coefficient (Wildman–Crippen LogP) is 3.95. The van der Waals surface area contributed by atoms with E-state index in [9.17, 15) is 14.5 Å². The van der Waals surface area contributed by atoms with E-state index in [4.69, 9.17) is 9.47 Å². The Bertz CT molecular complexity index is 651. The SMILES string of the molecule is O=[N+]([O-])c1ccccc1OCCOc1ccc(F)cc1Br. The number of nitro groups is 1. The number of para-hydroxylation sites is 2. The van der Waals surface area contributed by atoms with Crippen molar-refractivity contribution in [2.24, 2.45) is 0 Å². The van der Waals surface area contributed by atoms with Crippen molar-refractivity contribution in [1.82, 2.24) is 0 Å². The van der Waals surface area contributed by atoms with Gasteiger partial charge in [0.2, 0.25) is 0 Å². The third-order valence-electron chi connectivity index (χ3n) is 2.55. The third kappa shape index (κ3) is 4.16. The molecule has 2 aromatic carbocycles. The maximum Gasteiger partial charge on any atom is 0.310 e. The summed E-state index contributed by atoms with van der Waals surface area (Å²) < 4.78 is 24.1. The molecule has 0 amide bonds. The summed E-state index contributed by atoms with van der Waals surface area (Å²) in [6.07, 6.45) is 0. The number of nitro benzene ring substituents is 1. The van der Waals surface area contributed by atoms with Crippen LogP contribution in [-0.4, -0.2) is 18.1 Å². The summed E-state index contributed by atoms with van der Waals surface area (Å²) in [6, 6.07) is 10.2. The number of hydrogen-bond donors (Lipinski definition) is 0. The van der Waals surface area contributed by atoms with E-state index in [2.05, 4.69) is 15.9 Å². The third-order valence-corrected chi connectivity index (χ3v) is 3.17. The molecule has 0 saturated heterocycles. The van der Waals surface area contributed by atoms with Crippen LogP contribution in [0.5, 0.6) is 11.5 Å². The lowest BCUT2D eigenvalue weighted by molar-refractivity contribution is -0.385. The van der Waals surface area contributed by atoms with Crippen molar-refractivity contribution in [2.45, 2.75) is 0 Å². The van der Waals surface area contributed by atoms with Crippen LogP contribution in [0.2, 0.25) is 0 Å². The molecule has 0 radical (unpaired) electrons. The minimum absolute atomic E-state index is 0.0968. The van der Waals surface area contributed by atoms with Gasteiger partial charge in [0, 0.05) is 6.07 Å². The van der Waals surface area contributed by atoms with Gasteiger partial charge < -0.3 is 9.47 Å². The Labute approximate surface area is 128 Å². The molecule has 0 atom stereocenters. The van der Waals surface area contributed by atoms with Crippen LogP contribution < -0.4 is 9.47 Å². The molecule has 0 heterocycles. The van der Waals surface area contributed by atoms with Gasteiger partial charge in [-0.3, -0.25) is 10.1 Å². The molecule has 0 aliphatic carbocycles. The smallest absolute Gasteiger partial charge is 0.310 e. The second-order valence-electron chi connectivity index (χ2n) is 4.00. The predicted molar refractivity (Wildman–Crippen MR) is 78.2 cm³/mol. The highest BCUT2D eigenvalue weighted by atomic mass is 79.9. The summed E-state index contributed by atoms with van der Waals surface area (Å²) in [5.41, 5.74) is -0.0968. The lowest BCUT2D eigenvalue weighted by Gasteiger charge is -2.09. The Hall–Kier alpha value is -2.15. The summed E-state index contributed by atoms with van der Waals surface area (Å²) >= 11 is 3.18. The Morgan fingerprint density at radius 1 is 1.10 bits per heavy atom. The molecule has 2 aromatic rings. The largest absolute Gasteiger partial charge is 0.489 e. The van der Waals surface area contributed by atoms with Crippen molar-refractivity contribution in [3.63, 3.8) is 0 Å². The molecule has 21 heavy (non-hydrogen) atoms. The van der Waals surface area contributed by atoms with Gasteiger partial charge >= 0.3 is 5.69 Å². The maximum atomic E-state index is 12.9. The number of hydrogen-bond acceptors (Lipinski definition) is 4. The van der Waals surface area contributed by atoms with Gasteiger partial charge in [-0.15, -0.1) is 0 Å². The molecule has 0 aliphatic rings. The number of benzene rings is 2. The van der Waals surface area contributed by atoms with Gasteiger partial charge in [-0.05, 0) is 40.2 Å². The van der Waals surface area contributed by atoms with Gasteiger partial charge in [0.05, 0.1) is 9.40 Å². The second-order valence-corrected chi connectivity index (χ2v) is 4.85. The first-order chi connectivity index (χ1) is 10.1. The molecule has 2 rings (SSSR count). The average Bonchev–Trinajstić information content (AvgIpc) is 2.45. The fourth-order valence-corrected chi connectivity index (χ4v) is 2.09. The van der Waals surface area contributed by atoms with Crippen LogP contribution >= 0.6 is 15.9 Å². The zero-order chi connectivity index (χ0) is 15.2. The van der Waals surface area contributed by atoms with E-state index in [1.807, 2.05) is 0 Å². The van der Waals surface area contributed by atoms with Crippen molar-refractivity contribution in [1.29, 1.82) is 0 Å². The lowest BCUT2D eigenvalue weighted by atomic mass is 10.3. The van der Waals surface area contributed by atoms with E-state index < -0.39 is 4.92 Å². The van der Waals surface area contributed by atoms with E-state index in [1.165, 1.54) is 30.3 Å². The Morgan fingerprint density at radius 3 is 2.43 bits per heavy atom. The number of ether oxygens (including phenoxy) is 2. The highest BCUT2D eigenvalue weighted by Gasteiger charge is 2.13. The van der Waals surface area contributed by atoms with Crippen molar-refractivity contribution in [2.75, 3.05) is 13.2 Å². The van der Waals surface area contributed by atoms with Crippen LogP contribution in [0.4, 0.5) is 10.1 Å². The van der Waals surface area contributed by atoms with E-state index in [-0.39, 0.29) is 30.5 Å². The first-order valence-corrected chi connectivity index (χ1v) is 6.81. The molecular weight excluding hydrogens is 345 g/mol. The first-order valence-electron chi connectivity index (χ1n) is 6.02. The molecule has 5 nitrogen and oxygen atoms in total. The zero-order valence-electron chi connectivity index (χ0n) is 10.8. The lowest BCUT2D eigenvalue weighted by Crippen LogP contribution is -2.10. The quantitative estimate of drug-likeness (QED) is 0.447. The van der Waals surface area contributed by atoms with E-state index >= 15 is 0 Å². The van der Waals surface area contributed by atoms with Gasteiger partial charge in [-0.25, -0.2) is 4.39 Å². The first kappa shape index (κ1) is 15.2. The normalized spacial score (nSPS) is 10.2. The molecule has 0 unspecified atom stereocenters. The fourth-order valence-electron chi connectivity index (χ4n) is 1.63. The summed E-state index contributed by atoms with van der Waals surface area (Å²) in [6.45, 7) is 0.310. The topological polar surface area (TPSA) is 61.6 Å². The molecule has 0 N–H and O–H groups in total. The molecule has 0 fully saturated rings. The van der Waals surface area contributed by atoms with E-state index in [1.54, 1.807) is 12.1 Å². The Kier molecular flexibility index (Phi) is 5.10. The molecule has 110 valence electrons. The van der Waals surface area contributed by atoms with Gasteiger partial charge in [0.15, 0.2) is 5.75 Å². The van der Waals surface area contributed by atoms with Crippen LogP contribution in [0.1, 0.15) is 0 Å². The number of halogens is 2. The van der Waals surface area contributed by atoms with Crippen LogP contribution in [0, 0.1) is 15.9 Å². The molecule has 7 heteroatoms. The zero-order valence-corrected chi connectivity index (χ0v) is 12.4. The summed E-state index contributed by atoms with van der Waals surface area (Å²) in [7, 11) is 0. The van der Waals surface area contributed by atoms with Crippen LogP contribution in [0.25, 0.3) is 0 Å². The minimum Gasteiger partial charge on any atom is -0.489 e. The fraction of sp³-hybridized carbons (Fsp3) is 0.143. The van der Waals surface area contributed by atoms with E-state index in [0.717, 1.165) is 0 Å². The molecule has 0 aromatic heterocycles. The van der Waals surface area contributed by atoms with Gasteiger partial charge in [0.1, 0.15) is 24.8 Å². The molecule has 0 saturated carbocycles. The molecule has 0 aliphatic heterocycles. The van der Waals surface area contributed by atoms with Crippen molar-refractivity contribution >= 4 is 21.6 Å². The summed E-state index contributed by atoms with van der Waals surface area (Å²) in [5, 5.41) is 10.8. The highest BCUT2D eigenvalue weighted by molar-refractivity contribution is 9.10. The summed E-state index contributed by atoms with van der Waals surface area (Å²) in [4.78, 5) is 10.3. The molecule has 0 spiro atoms. The molecule has 0 bridgehead atoms. The van der Waals surface area contributed by atoms with Crippen molar-refractivity contribution in [3.8, 4) is 11.5 Å². The number of rotatable bonds is 6. The second kappa shape index (κ2) is 7.03. The summed E-state index contributed by atoms with van der Waals surface area (Å²) in [5.74, 6) is 0.289.